The van der Waals surface area contributed by atoms with E-state index in [4.69, 9.17) is 38.7 Å². The molecule has 0 radical (unpaired) electrons. The summed E-state index contributed by atoms with van der Waals surface area (Å²) in [5, 5.41) is 21.2. The van der Waals surface area contributed by atoms with Crippen molar-refractivity contribution in [2.75, 3.05) is 62.1 Å². The molecular weight excluding hydrogens is 1020 g/mol. The van der Waals surface area contributed by atoms with Crippen LogP contribution in [0.1, 0.15) is 92.3 Å². The summed E-state index contributed by atoms with van der Waals surface area (Å²) >= 11 is -1.94. The Balaban J connectivity index is 1.02. The number of aryl methyl sites for hydroxylation is 3. The van der Waals surface area contributed by atoms with E-state index in [1.54, 1.807) is 47.2 Å². The molecule has 3 N–H and O–H groups in total. The zero-order chi connectivity index (χ0) is 56.1. The Morgan fingerprint density at radius 2 is 1.65 bits per heavy atom. The molecule has 3 amide bonds. The number of methoxy groups -OCH3 is 1. The molecule has 2 aromatic heterocycles. The van der Waals surface area contributed by atoms with Crippen molar-refractivity contribution in [1.82, 2.24) is 34.7 Å². The van der Waals surface area contributed by atoms with Crippen LogP contribution in [0, 0.1) is 26.7 Å². The van der Waals surface area contributed by atoms with Gasteiger partial charge in [0.05, 0.1) is 31.9 Å². The maximum atomic E-state index is 15.1. The number of carbonyl (C=O) groups excluding carboxylic acids is 2. The molecular formula is C60H73N11O7S. The molecule has 7 aromatic rings. The molecule has 1 aliphatic rings. The molecule has 19 heteroatoms. The fourth-order valence-corrected chi connectivity index (χ4v) is 10.1. The fraction of sp³-hybridized carbons (Fsp3) is 0.367. The number of nitrogens with one attached hydrogen (secondary N) is 3. The molecule has 0 aliphatic carbocycles. The van der Waals surface area contributed by atoms with Crippen molar-refractivity contribution in [3.63, 3.8) is 0 Å². The Labute approximate surface area is 466 Å². The van der Waals surface area contributed by atoms with Crippen molar-refractivity contribution in [3.8, 4) is 23.0 Å². The number of carbonyl (C=O) groups is 2. The van der Waals surface area contributed by atoms with Crippen LogP contribution in [0.15, 0.2) is 133 Å². The number of hydrogen-bond donors (Lipinski definition) is 3. The highest BCUT2D eigenvalue weighted by atomic mass is 32.2. The van der Waals surface area contributed by atoms with Crippen LogP contribution < -0.4 is 39.4 Å². The lowest BCUT2D eigenvalue weighted by Gasteiger charge is -2.41. The van der Waals surface area contributed by atoms with Gasteiger partial charge in [0.1, 0.15) is 28.7 Å². The van der Waals surface area contributed by atoms with E-state index in [0.717, 1.165) is 58.6 Å². The smallest absolute Gasteiger partial charge is 0.324 e. The first-order chi connectivity index (χ1) is 38.2. The molecule has 4 unspecified atom stereocenters. The minimum atomic E-state index is -1.94. The van der Waals surface area contributed by atoms with Gasteiger partial charge in [-0.3, -0.25) is 13.9 Å². The first-order valence-electron chi connectivity index (χ1n) is 27.0. The van der Waals surface area contributed by atoms with E-state index in [0.29, 0.717) is 71.8 Å². The fourth-order valence-electron chi connectivity index (χ4n) is 9.35. The number of urea groups is 1. The summed E-state index contributed by atoms with van der Waals surface area (Å²) in [7, 11) is 3.64. The number of aromatic nitrogens is 5. The van der Waals surface area contributed by atoms with E-state index in [1.807, 2.05) is 127 Å². The second-order valence-corrected chi connectivity index (χ2v) is 20.7. The number of benzene rings is 5. The van der Waals surface area contributed by atoms with E-state index < -0.39 is 28.8 Å². The van der Waals surface area contributed by atoms with Gasteiger partial charge in [-0.25, -0.2) is 23.4 Å². The van der Waals surface area contributed by atoms with Gasteiger partial charge in [-0.2, -0.15) is 10.2 Å². The highest BCUT2D eigenvalue weighted by molar-refractivity contribution is 7.78. The molecule has 0 saturated carbocycles. The van der Waals surface area contributed by atoms with Crippen LogP contribution in [0.2, 0.25) is 0 Å². The summed E-state index contributed by atoms with van der Waals surface area (Å²) in [6.45, 7) is 15.8. The lowest BCUT2D eigenvalue weighted by molar-refractivity contribution is -0.120. The molecule has 0 spiro atoms. The molecule has 0 saturated heterocycles. The standard InChI is InChI=1S/C60H73N11O7S/c1-10-13-31-61-59(73)70(52-27-22-49(36-42(52)5)68(8)12-3)60(69-33-17-32-62-69)55(37-45-18-15-14-16-19-45)66-71-58(60)65-56(67-71)44(7)39-63-79(74)77-34-30-47-38-48(21-29-54(47)78-51-25-23-50(75-9)24-26-51)64-57(72)46(11-2)40-76-53-28-20-41(4)35-43(53)6/h14-29,32-33,35-36,38,44,46,63H,10-13,30-31,34,37,39-40H2,1-9H3,(H,61,73)(H,64,72). The molecule has 5 aromatic carbocycles. The number of rotatable bonds is 27. The number of unbranched alkanes of at least 4 members (excludes halogenated alkanes) is 1. The van der Waals surface area contributed by atoms with Crippen LogP contribution in [-0.4, -0.2) is 93.5 Å². The van der Waals surface area contributed by atoms with Gasteiger partial charge in [0, 0.05) is 69.2 Å². The van der Waals surface area contributed by atoms with Gasteiger partial charge >= 0.3 is 6.03 Å². The molecule has 416 valence electrons. The largest absolute Gasteiger partial charge is 0.497 e. The minimum absolute atomic E-state index is 0.0410. The summed E-state index contributed by atoms with van der Waals surface area (Å²) in [5.74, 6) is 2.34. The Bertz CT molecular complexity index is 3220. The summed E-state index contributed by atoms with van der Waals surface area (Å²) in [5.41, 5.74) is 6.00. The average molecular weight is 1090 g/mol. The SMILES string of the molecule is CCCCNC(=O)N(c1ccc(N(C)CC)cc1C)C1(n2cccn2)C(Cc2ccccc2)=Nn2nc(C(C)CNS(=O)OCCc3cc(NC(=O)C(CC)COc4ccc(C)cc4C)ccc3Oc3ccc(OC)cc3)nc21. The van der Waals surface area contributed by atoms with Gasteiger partial charge in [0.15, 0.2) is 5.82 Å². The third-order valence-corrected chi connectivity index (χ3v) is 14.8. The molecule has 1 aliphatic heterocycles. The highest BCUT2D eigenvalue weighted by Crippen LogP contribution is 2.42. The predicted molar refractivity (Wildman–Crippen MR) is 311 cm³/mol. The van der Waals surface area contributed by atoms with E-state index in [1.165, 1.54) is 4.79 Å². The van der Waals surface area contributed by atoms with Crippen molar-refractivity contribution in [1.29, 1.82) is 0 Å². The molecule has 3 heterocycles. The molecule has 4 atom stereocenters. The van der Waals surface area contributed by atoms with E-state index >= 15 is 4.79 Å². The number of ether oxygens (including phenoxy) is 3. The van der Waals surface area contributed by atoms with Crippen LogP contribution in [0.25, 0.3) is 0 Å². The van der Waals surface area contributed by atoms with Crippen LogP contribution >= 0.6 is 0 Å². The van der Waals surface area contributed by atoms with Crippen LogP contribution in [0.5, 0.6) is 23.0 Å². The third-order valence-electron chi connectivity index (χ3n) is 14.0. The zero-order valence-corrected chi connectivity index (χ0v) is 47.5. The van der Waals surface area contributed by atoms with Gasteiger partial charge in [-0.1, -0.05) is 75.2 Å². The minimum Gasteiger partial charge on any atom is -0.497 e. The molecule has 0 fully saturated rings. The Kier molecular flexibility index (Phi) is 19.3. The lowest BCUT2D eigenvalue weighted by Crippen LogP contribution is -2.62. The predicted octanol–water partition coefficient (Wildman–Crippen LogP) is 10.4. The number of hydrogen-bond acceptors (Lipinski definition) is 12. The molecule has 79 heavy (non-hydrogen) atoms. The summed E-state index contributed by atoms with van der Waals surface area (Å²) in [4.78, 5) is 39.4. The van der Waals surface area contributed by atoms with Gasteiger partial charge < -0.3 is 29.7 Å². The summed E-state index contributed by atoms with van der Waals surface area (Å²) < 4.78 is 42.1. The Morgan fingerprint density at radius 1 is 0.873 bits per heavy atom. The first kappa shape index (κ1) is 57.3. The van der Waals surface area contributed by atoms with Crippen molar-refractivity contribution < 1.29 is 32.2 Å². The van der Waals surface area contributed by atoms with Crippen molar-refractivity contribution >= 4 is 46.0 Å². The summed E-state index contributed by atoms with van der Waals surface area (Å²) in [6, 6.07) is 36.2. The van der Waals surface area contributed by atoms with Crippen molar-refractivity contribution in [2.24, 2.45) is 11.0 Å². The average Bonchev–Trinajstić information content (AvgIpc) is 4.35. The normalized spacial score (nSPS) is 14.9. The van der Waals surface area contributed by atoms with Gasteiger partial charge in [-0.15, -0.1) is 9.89 Å². The maximum Gasteiger partial charge on any atom is 0.324 e. The zero-order valence-electron chi connectivity index (χ0n) is 46.7. The second kappa shape index (κ2) is 26.7. The van der Waals surface area contributed by atoms with Gasteiger partial charge in [-0.05, 0) is 136 Å². The summed E-state index contributed by atoms with van der Waals surface area (Å²) in [6.07, 6.45) is 6.40. The van der Waals surface area contributed by atoms with Crippen LogP contribution in [0.4, 0.5) is 21.9 Å². The van der Waals surface area contributed by atoms with E-state index in [-0.39, 0.29) is 31.7 Å². The number of nitrogens with zero attached hydrogens (tertiary/aromatic N) is 8. The monoisotopic (exact) mass is 1090 g/mol. The van der Waals surface area contributed by atoms with Crippen molar-refractivity contribution in [2.45, 2.75) is 92.2 Å². The van der Waals surface area contributed by atoms with Crippen molar-refractivity contribution in [3.05, 3.63) is 167 Å². The molecule has 18 nitrogen and oxygen atoms in total. The van der Waals surface area contributed by atoms with E-state index in [2.05, 4.69) is 46.2 Å². The maximum absolute atomic E-state index is 15.1. The van der Waals surface area contributed by atoms with Crippen LogP contribution in [0.3, 0.4) is 0 Å². The first-order valence-corrected chi connectivity index (χ1v) is 28.1. The molecule has 0 bridgehead atoms. The number of amides is 3. The molecule has 8 rings (SSSR count). The van der Waals surface area contributed by atoms with Gasteiger partial charge in [0.25, 0.3) is 0 Å². The number of anilines is 3. The number of fused-ring (bicyclic) bond motifs is 1. The van der Waals surface area contributed by atoms with E-state index in [9.17, 15) is 9.00 Å². The third kappa shape index (κ3) is 13.5. The quantitative estimate of drug-likeness (QED) is 0.0415. The van der Waals surface area contributed by atoms with Gasteiger partial charge in [0.2, 0.25) is 28.7 Å². The lowest BCUT2D eigenvalue weighted by atomic mass is 9.93. The van der Waals surface area contributed by atoms with Crippen LogP contribution in [-0.2, 0) is 38.7 Å². The Hall–Kier alpha value is -7.87. The second-order valence-electron chi connectivity index (χ2n) is 19.8. The Morgan fingerprint density at radius 3 is 2.34 bits per heavy atom. The highest BCUT2D eigenvalue weighted by Gasteiger charge is 2.57. The topological polar surface area (TPSA) is 192 Å².